The van der Waals surface area contributed by atoms with Gasteiger partial charge in [-0.15, -0.1) is 0 Å². The molecule has 0 aliphatic carbocycles. The van der Waals surface area contributed by atoms with Crippen molar-refractivity contribution in [1.29, 1.82) is 0 Å². The lowest BCUT2D eigenvalue weighted by Crippen LogP contribution is -3.15. The summed E-state index contributed by atoms with van der Waals surface area (Å²) in [6.45, 7) is 11.0. The molecular weight excluding hydrogens is 302 g/mol. The molecule has 1 saturated heterocycles. The minimum absolute atomic E-state index is 0.0185. The normalized spacial score (nSPS) is 23.6. The molecule has 0 spiro atoms. The summed E-state index contributed by atoms with van der Waals surface area (Å²) in [5.74, 6) is 1.07. The molecular formula is C19H30N3O2+. The number of nitrogens with one attached hydrogen (secondary N) is 3. The molecule has 132 valence electrons. The molecule has 0 saturated carbocycles. The number of likely N-dealkylation sites (tertiary alicyclic amines) is 1. The number of amides is 2. The highest BCUT2D eigenvalue weighted by Crippen LogP contribution is 2.17. The Morgan fingerprint density at radius 2 is 1.79 bits per heavy atom. The summed E-state index contributed by atoms with van der Waals surface area (Å²) in [7, 11) is 0. The maximum atomic E-state index is 12.1. The SMILES string of the molecule is Cc1cccc(NC(=O)CNC(=O)C[NH+]2C[C@@H](C)C[C@H](C)C2)c1C. The largest absolute Gasteiger partial charge is 0.342 e. The van der Waals surface area contributed by atoms with E-state index in [0.29, 0.717) is 18.4 Å². The number of hydrogen-bond acceptors (Lipinski definition) is 2. The van der Waals surface area contributed by atoms with E-state index in [1.165, 1.54) is 11.3 Å². The number of carbonyl (C=O) groups is 2. The Bertz CT molecular complexity index is 590. The Hall–Kier alpha value is -1.88. The van der Waals surface area contributed by atoms with E-state index in [4.69, 9.17) is 0 Å². The first-order valence-electron chi connectivity index (χ1n) is 8.81. The molecule has 0 unspecified atom stereocenters. The minimum atomic E-state index is -0.188. The van der Waals surface area contributed by atoms with Crippen molar-refractivity contribution in [3.8, 4) is 0 Å². The predicted molar refractivity (Wildman–Crippen MR) is 96.1 cm³/mol. The third kappa shape index (κ3) is 5.34. The standard InChI is InChI=1S/C19H29N3O2/c1-13-8-14(2)11-22(10-13)12-19(24)20-9-18(23)21-17-7-5-6-15(3)16(17)4/h5-7,13-14H,8-12H2,1-4H3,(H,20,24)(H,21,23)/p+1/t13-,14-/m0/s1. The topological polar surface area (TPSA) is 62.6 Å². The number of carbonyl (C=O) groups excluding carboxylic acids is 2. The third-order valence-corrected chi connectivity index (χ3v) is 4.81. The molecule has 5 heteroatoms. The Morgan fingerprint density at radius 1 is 1.12 bits per heavy atom. The maximum absolute atomic E-state index is 12.1. The summed E-state index contributed by atoms with van der Waals surface area (Å²) in [6.07, 6.45) is 1.24. The van der Waals surface area contributed by atoms with E-state index in [1.807, 2.05) is 32.0 Å². The van der Waals surface area contributed by atoms with Gasteiger partial charge in [-0.05, 0) is 37.5 Å². The number of quaternary nitrogens is 1. The zero-order chi connectivity index (χ0) is 17.7. The van der Waals surface area contributed by atoms with Crippen LogP contribution in [0.15, 0.2) is 18.2 Å². The van der Waals surface area contributed by atoms with E-state index < -0.39 is 0 Å². The zero-order valence-corrected chi connectivity index (χ0v) is 15.2. The molecule has 1 aliphatic rings. The quantitative estimate of drug-likeness (QED) is 0.751. The van der Waals surface area contributed by atoms with Crippen LogP contribution in [-0.2, 0) is 9.59 Å². The highest BCUT2D eigenvalue weighted by Gasteiger charge is 2.26. The second kappa shape index (κ2) is 8.29. The Balaban J connectivity index is 1.77. The van der Waals surface area contributed by atoms with Crippen LogP contribution in [0.1, 0.15) is 31.4 Å². The second-order valence-electron chi connectivity index (χ2n) is 7.35. The lowest BCUT2D eigenvalue weighted by molar-refractivity contribution is -0.904. The van der Waals surface area contributed by atoms with Gasteiger partial charge in [0.2, 0.25) is 5.91 Å². The fourth-order valence-electron chi connectivity index (χ4n) is 3.62. The number of piperidine rings is 1. The average molecular weight is 332 g/mol. The first-order valence-corrected chi connectivity index (χ1v) is 8.81. The van der Waals surface area contributed by atoms with Crippen molar-refractivity contribution in [2.75, 3.05) is 31.5 Å². The van der Waals surface area contributed by atoms with E-state index in [2.05, 4.69) is 24.5 Å². The summed E-state index contributed by atoms with van der Waals surface area (Å²) in [5, 5.41) is 5.61. The third-order valence-electron chi connectivity index (χ3n) is 4.81. The molecule has 0 bridgehead atoms. The molecule has 1 aromatic rings. The van der Waals surface area contributed by atoms with Gasteiger partial charge in [-0.25, -0.2) is 0 Å². The first-order chi connectivity index (χ1) is 11.3. The van der Waals surface area contributed by atoms with Gasteiger partial charge in [0.25, 0.3) is 5.91 Å². The molecule has 1 heterocycles. The van der Waals surface area contributed by atoms with Gasteiger partial charge in [0, 0.05) is 17.5 Å². The summed E-state index contributed by atoms with van der Waals surface area (Å²) in [6, 6.07) is 5.80. The van der Waals surface area contributed by atoms with Crippen LogP contribution in [0.5, 0.6) is 0 Å². The number of hydrogen-bond donors (Lipinski definition) is 3. The van der Waals surface area contributed by atoms with E-state index in [9.17, 15) is 9.59 Å². The average Bonchev–Trinajstić information content (AvgIpc) is 2.49. The van der Waals surface area contributed by atoms with Crippen molar-refractivity contribution in [3.63, 3.8) is 0 Å². The van der Waals surface area contributed by atoms with Gasteiger partial charge in [0.05, 0.1) is 19.6 Å². The van der Waals surface area contributed by atoms with Crippen LogP contribution in [-0.4, -0.2) is 38.0 Å². The molecule has 5 nitrogen and oxygen atoms in total. The lowest BCUT2D eigenvalue weighted by atomic mass is 9.92. The maximum Gasteiger partial charge on any atom is 0.275 e. The molecule has 1 aromatic carbocycles. The van der Waals surface area contributed by atoms with Crippen LogP contribution < -0.4 is 15.5 Å². The molecule has 0 radical (unpaired) electrons. The van der Waals surface area contributed by atoms with Crippen LogP contribution in [0, 0.1) is 25.7 Å². The van der Waals surface area contributed by atoms with Crippen molar-refractivity contribution in [2.24, 2.45) is 11.8 Å². The van der Waals surface area contributed by atoms with Crippen molar-refractivity contribution < 1.29 is 14.5 Å². The van der Waals surface area contributed by atoms with Crippen molar-refractivity contribution in [2.45, 2.75) is 34.1 Å². The fourth-order valence-corrected chi connectivity index (χ4v) is 3.62. The fraction of sp³-hybridized carbons (Fsp3) is 0.579. The highest BCUT2D eigenvalue weighted by atomic mass is 16.2. The van der Waals surface area contributed by atoms with Gasteiger partial charge in [0.15, 0.2) is 6.54 Å². The van der Waals surface area contributed by atoms with Gasteiger partial charge in [-0.1, -0.05) is 26.0 Å². The van der Waals surface area contributed by atoms with Crippen LogP contribution in [0.4, 0.5) is 5.69 Å². The second-order valence-corrected chi connectivity index (χ2v) is 7.35. The van der Waals surface area contributed by atoms with Crippen molar-refractivity contribution in [1.82, 2.24) is 5.32 Å². The Morgan fingerprint density at radius 3 is 2.46 bits per heavy atom. The smallest absolute Gasteiger partial charge is 0.275 e. The molecule has 24 heavy (non-hydrogen) atoms. The Labute approximate surface area is 144 Å². The molecule has 2 atom stereocenters. The van der Waals surface area contributed by atoms with Crippen LogP contribution >= 0.6 is 0 Å². The van der Waals surface area contributed by atoms with Gasteiger partial charge in [-0.2, -0.15) is 0 Å². The van der Waals surface area contributed by atoms with E-state index in [1.54, 1.807) is 0 Å². The van der Waals surface area contributed by atoms with Gasteiger partial charge in [-0.3, -0.25) is 9.59 Å². The van der Waals surface area contributed by atoms with Crippen LogP contribution in [0.3, 0.4) is 0 Å². The first kappa shape index (κ1) is 18.5. The summed E-state index contributed by atoms with van der Waals surface area (Å²) >= 11 is 0. The monoisotopic (exact) mass is 332 g/mol. The Kier molecular flexibility index (Phi) is 6.37. The number of benzene rings is 1. The van der Waals surface area contributed by atoms with E-state index >= 15 is 0 Å². The van der Waals surface area contributed by atoms with Crippen LogP contribution in [0.2, 0.25) is 0 Å². The summed E-state index contributed by atoms with van der Waals surface area (Å²) < 4.78 is 0. The summed E-state index contributed by atoms with van der Waals surface area (Å²) in [4.78, 5) is 25.4. The van der Waals surface area contributed by atoms with E-state index in [-0.39, 0.29) is 18.4 Å². The molecule has 2 rings (SSSR count). The number of anilines is 1. The highest BCUT2D eigenvalue weighted by molar-refractivity contribution is 5.95. The van der Waals surface area contributed by atoms with Gasteiger partial charge < -0.3 is 15.5 Å². The lowest BCUT2D eigenvalue weighted by Gasteiger charge is -2.31. The minimum Gasteiger partial charge on any atom is -0.342 e. The van der Waals surface area contributed by atoms with Gasteiger partial charge in [0.1, 0.15) is 0 Å². The van der Waals surface area contributed by atoms with Crippen molar-refractivity contribution in [3.05, 3.63) is 29.3 Å². The number of aryl methyl sites for hydroxylation is 1. The van der Waals surface area contributed by atoms with Gasteiger partial charge >= 0.3 is 0 Å². The molecule has 1 fully saturated rings. The molecule has 3 N–H and O–H groups in total. The van der Waals surface area contributed by atoms with Crippen LogP contribution in [0.25, 0.3) is 0 Å². The van der Waals surface area contributed by atoms with E-state index in [0.717, 1.165) is 29.9 Å². The zero-order valence-electron chi connectivity index (χ0n) is 15.2. The summed E-state index contributed by atoms with van der Waals surface area (Å²) in [5.41, 5.74) is 2.99. The van der Waals surface area contributed by atoms with Crippen molar-refractivity contribution >= 4 is 17.5 Å². The molecule has 2 amide bonds. The molecule has 0 aromatic heterocycles. The molecule has 1 aliphatic heterocycles. The number of rotatable bonds is 5. The predicted octanol–water partition coefficient (Wildman–Crippen LogP) is 0.919.